The van der Waals surface area contributed by atoms with Crippen LogP contribution in [0.15, 0.2) is 30.3 Å². The molecule has 1 rings (SSSR count). The maximum absolute atomic E-state index is 12.2. The lowest BCUT2D eigenvalue weighted by molar-refractivity contribution is -0.137. The van der Waals surface area contributed by atoms with Crippen LogP contribution in [0.4, 0.5) is 0 Å². The van der Waals surface area contributed by atoms with Gasteiger partial charge in [-0.3, -0.25) is 9.59 Å². The fraction of sp³-hybridized carbons (Fsp3) is 0.467. The van der Waals surface area contributed by atoms with Crippen LogP contribution in [-0.2, 0) is 9.59 Å². The Hall–Kier alpha value is -1.84. The van der Waals surface area contributed by atoms with E-state index in [-0.39, 0.29) is 24.4 Å². The van der Waals surface area contributed by atoms with Crippen molar-refractivity contribution < 1.29 is 9.59 Å². The van der Waals surface area contributed by atoms with Gasteiger partial charge >= 0.3 is 0 Å². The Morgan fingerprint density at radius 1 is 1.16 bits per heavy atom. The summed E-state index contributed by atoms with van der Waals surface area (Å²) < 4.78 is 0. The molecule has 1 atom stereocenters. The number of carbonyl (C=O) groups is 2. The highest BCUT2D eigenvalue weighted by atomic mass is 16.2. The quantitative estimate of drug-likeness (QED) is 0.851. The summed E-state index contributed by atoms with van der Waals surface area (Å²) in [6.45, 7) is 5.76. The first-order valence-corrected chi connectivity index (χ1v) is 6.54. The molecule has 0 aliphatic heterocycles. The van der Waals surface area contributed by atoms with Gasteiger partial charge < -0.3 is 10.6 Å². The van der Waals surface area contributed by atoms with Gasteiger partial charge in [0.1, 0.15) is 0 Å². The molecule has 0 bridgehead atoms. The molecule has 0 aliphatic carbocycles. The monoisotopic (exact) mass is 262 g/mol. The molecular weight excluding hydrogens is 240 g/mol. The molecule has 104 valence electrons. The first-order valence-electron chi connectivity index (χ1n) is 6.54. The molecule has 4 heteroatoms. The van der Waals surface area contributed by atoms with Gasteiger partial charge in [0, 0.05) is 12.5 Å². The molecule has 4 nitrogen and oxygen atoms in total. The van der Waals surface area contributed by atoms with Crippen LogP contribution in [0.3, 0.4) is 0 Å². The minimum atomic E-state index is -0.477. The zero-order chi connectivity index (χ0) is 14.4. The molecule has 1 aromatic carbocycles. The van der Waals surface area contributed by atoms with Crippen molar-refractivity contribution in [1.29, 1.82) is 0 Å². The van der Waals surface area contributed by atoms with Gasteiger partial charge in [0.2, 0.25) is 11.8 Å². The number of primary amides is 1. The maximum Gasteiger partial charge on any atom is 0.237 e. The van der Waals surface area contributed by atoms with Crippen LogP contribution in [0.1, 0.15) is 38.7 Å². The van der Waals surface area contributed by atoms with Crippen molar-refractivity contribution in [3.8, 4) is 0 Å². The van der Waals surface area contributed by atoms with Gasteiger partial charge in [-0.1, -0.05) is 37.3 Å². The average Bonchev–Trinajstić information content (AvgIpc) is 2.36. The predicted molar refractivity (Wildman–Crippen MR) is 75.5 cm³/mol. The van der Waals surface area contributed by atoms with Crippen LogP contribution in [0.2, 0.25) is 0 Å². The summed E-state index contributed by atoms with van der Waals surface area (Å²) in [5, 5.41) is 0. The van der Waals surface area contributed by atoms with Gasteiger partial charge in [0.15, 0.2) is 0 Å². The highest BCUT2D eigenvalue weighted by Crippen LogP contribution is 2.20. The Morgan fingerprint density at radius 3 is 2.21 bits per heavy atom. The Balaban J connectivity index is 2.69. The van der Waals surface area contributed by atoms with Crippen molar-refractivity contribution in [2.45, 2.75) is 39.2 Å². The lowest BCUT2D eigenvalue weighted by Gasteiger charge is -2.26. The van der Waals surface area contributed by atoms with Gasteiger partial charge in [-0.25, -0.2) is 0 Å². The first kappa shape index (κ1) is 15.2. The van der Waals surface area contributed by atoms with Crippen LogP contribution in [0.25, 0.3) is 0 Å². The molecule has 0 heterocycles. The standard InChI is InChI=1S/C15H22N2O2/c1-11(2)17(10-14(16)18)15(19)9-12(3)13-7-5-4-6-8-13/h4-8,11-12H,9-10H2,1-3H3,(H2,16,18)/t12-/m1/s1. The Morgan fingerprint density at radius 2 is 1.74 bits per heavy atom. The Bertz CT molecular complexity index is 429. The normalized spacial score (nSPS) is 12.2. The van der Waals surface area contributed by atoms with E-state index >= 15 is 0 Å². The zero-order valence-electron chi connectivity index (χ0n) is 11.8. The van der Waals surface area contributed by atoms with Crippen LogP contribution in [0, 0.1) is 0 Å². The molecule has 0 saturated heterocycles. The SMILES string of the molecule is CC(C)N(CC(N)=O)C(=O)C[C@@H](C)c1ccccc1. The number of rotatable bonds is 6. The molecule has 2 amide bonds. The fourth-order valence-corrected chi connectivity index (χ4v) is 2.01. The lowest BCUT2D eigenvalue weighted by atomic mass is 9.97. The molecule has 19 heavy (non-hydrogen) atoms. The second-order valence-electron chi connectivity index (χ2n) is 5.10. The third-order valence-electron chi connectivity index (χ3n) is 3.12. The summed E-state index contributed by atoms with van der Waals surface area (Å²) in [6.07, 6.45) is 0.384. The van der Waals surface area contributed by atoms with Gasteiger partial charge in [-0.15, -0.1) is 0 Å². The molecule has 0 unspecified atom stereocenters. The first-order chi connectivity index (χ1) is 8.91. The van der Waals surface area contributed by atoms with Crippen molar-refractivity contribution in [3.63, 3.8) is 0 Å². The van der Waals surface area contributed by atoms with E-state index in [1.807, 2.05) is 51.1 Å². The molecule has 1 aromatic rings. The van der Waals surface area contributed by atoms with E-state index in [0.29, 0.717) is 6.42 Å². The largest absolute Gasteiger partial charge is 0.368 e. The number of hydrogen-bond acceptors (Lipinski definition) is 2. The van der Waals surface area contributed by atoms with E-state index in [1.165, 1.54) is 4.90 Å². The third kappa shape index (κ3) is 4.73. The fourth-order valence-electron chi connectivity index (χ4n) is 2.01. The second-order valence-corrected chi connectivity index (χ2v) is 5.10. The summed E-state index contributed by atoms with van der Waals surface area (Å²) in [4.78, 5) is 24.8. The third-order valence-corrected chi connectivity index (χ3v) is 3.12. The summed E-state index contributed by atoms with van der Waals surface area (Å²) in [5.41, 5.74) is 6.30. The van der Waals surface area contributed by atoms with E-state index in [4.69, 9.17) is 5.73 Å². The second kappa shape index (κ2) is 6.92. The highest BCUT2D eigenvalue weighted by Gasteiger charge is 2.21. The number of nitrogens with zero attached hydrogens (tertiary/aromatic N) is 1. The summed E-state index contributed by atoms with van der Waals surface area (Å²) in [5.74, 6) is -0.387. The van der Waals surface area contributed by atoms with E-state index in [9.17, 15) is 9.59 Å². The van der Waals surface area contributed by atoms with Crippen molar-refractivity contribution >= 4 is 11.8 Å². The van der Waals surface area contributed by atoms with E-state index in [2.05, 4.69) is 0 Å². The van der Waals surface area contributed by atoms with Crippen LogP contribution < -0.4 is 5.73 Å². The topological polar surface area (TPSA) is 63.4 Å². The molecule has 2 N–H and O–H groups in total. The Kier molecular flexibility index (Phi) is 5.55. The minimum Gasteiger partial charge on any atom is -0.368 e. The molecular formula is C15H22N2O2. The highest BCUT2D eigenvalue weighted by molar-refractivity contribution is 5.84. The van der Waals surface area contributed by atoms with Crippen molar-refractivity contribution in [1.82, 2.24) is 4.90 Å². The van der Waals surface area contributed by atoms with E-state index in [1.54, 1.807) is 0 Å². The van der Waals surface area contributed by atoms with Crippen molar-refractivity contribution in [2.75, 3.05) is 6.54 Å². The number of hydrogen-bond donors (Lipinski definition) is 1. The number of amides is 2. The van der Waals surface area contributed by atoms with Gasteiger partial charge in [-0.2, -0.15) is 0 Å². The number of carbonyl (C=O) groups excluding carboxylic acids is 2. The molecule has 0 saturated carbocycles. The average molecular weight is 262 g/mol. The molecule has 0 radical (unpaired) electrons. The smallest absolute Gasteiger partial charge is 0.237 e. The number of nitrogens with two attached hydrogens (primary N) is 1. The zero-order valence-corrected chi connectivity index (χ0v) is 11.8. The number of benzene rings is 1. The van der Waals surface area contributed by atoms with E-state index in [0.717, 1.165) is 5.56 Å². The summed E-state index contributed by atoms with van der Waals surface area (Å²) in [7, 11) is 0. The van der Waals surface area contributed by atoms with E-state index < -0.39 is 5.91 Å². The minimum absolute atomic E-state index is 0.0159. The molecule has 0 spiro atoms. The van der Waals surface area contributed by atoms with Gasteiger partial charge in [-0.05, 0) is 25.3 Å². The maximum atomic E-state index is 12.2. The molecule has 0 aliphatic rings. The lowest BCUT2D eigenvalue weighted by Crippen LogP contribution is -2.43. The molecule has 0 fully saturated rings. The molecule has 0 aromatic heterocycles. The van der Waals surface area contributed by atoms with Crippen LogP contribution >= 0.6 is 0 Å². The van der Waals surface area contributed by atoms with Gasteiger partial charge in [0.05, 0.1) is 6.54 Å². The van der Waals surface area contributed by atoms with Crippen molar-refractivity contribution in [2.24, 2.45) is 5.73 Å². The summed E-state index contributed by atoms with van der Waals surface area (Å²) in [6, 6.07) is 9.85. The predicted octanol–water partition coefficient (Wildman–Crippen LogP) is 1.90. The van der Waals surface area contributed by atoms with Crippen LogP contribution in [0.5, 0.6) is 0 Å². The Labute approximate surface area is 114 Å². The van der Waals surface area contributed by atoms with Crippen molar-refractivity contribution in [3.05, 3.63) is 35.9 Å². The summed E-state index contributed by atoms with van der Waals surface area (Å²) >= 11 is 0. The van der Waals surface area contributed by atoms with Crippen LogP contribution in [-0.4, -0.2) is 29.3 Å². The van der Waals surface area contributed by atoms with Gasteiger partial charge in [0.25, 0.3) is 0 Å².